The van der Waals surface area contributed by atoms with Crippen LogP contribution >= 0.6 is 0 Å². The Hall–Kier alpha value is -4.22. The number of nitrogens with zero attached hydrogens (tertiary/aromatic N) is 4. The van der Waals surface area contributed by atoms with Gasteiger partial charge in [-0.15, -0.1) is 6.42 Å². The van der Waals surface area contributed by atoms with Crippen LogP contribution in [0.1, 0.15) is 43.2 Å². The minimum absolute atomic E-state index is 0.0281. The Bertz CT molecular complexity index is 1820. The highest BCUT2D eigenvalue weighted by Gasteiger charge is 2.50. The maximum atomic E-state index is 16.9. The van der Waals surface area contributed by atoms with Gasteiger partial charge in [-0.2, -0.15) is 5.26 Å². The summed E-state index contributed by atoms with van der Waals surface area (Å²) in [5.74, 6) is 2.01. The van der Waals surface area contributed by atoms with Crippen LogP contribution in [0.5, 0.6) is 5.75 Å². The van der Waals surface area contributed by atoms with Gasteiger partial charge >= 0.3 is 0 Å². The first-order chi connectivity index (χ1) is 21.9. The molecule has 0 radical (unpaired) electrons. The molecule has 3 unspecified atom stereocenters. The summed E-state index contributed by atoms with van der Waals surface area (Å²) >= 11 is 0. The van der Waals surface area contributed by atoms with Crippen molar-refractivity contribution >= 4 is 22.2 Å². The van der Waals surface area contributed by atoms with Crippen LogP contribution < -0.4 is 10.6 Å². The normalized spacial score (nSPS) is 28.9. The molecule has 1 aromatic heterocycles. The van der Waals surface area contributed by atoms with Crippen molar-refractivity contribution < 1.29 is 18.6 Å². The number of phenolic OH excluding ortho intramolecular Hbond substituents is 1. The van der Waals surface area contributed by atoms with E-state index in [1.165, 1.54) is 6.07 Å². The number of benzene rings is 2. The number of hydrogen-bond acceptors (Lipinski definition) is 8. The zero-order valence-corrected chi connectivity index (χ0v) is 24.8. The van der Waals surface area contributed by atoms with Crippen molar-refractivity contribution in [2.45, 2.75) is 62.1 Å². The lowest BCUT2D eigenvalue weighted by Crippen LogP contribution is -2.51. The highest BCUT2D eigenvalue weighted by molar-refractivity contribution is 6.02. The molecule has 3 aromatic rings. The molecule has 5 atom stereocenters. The highest BCUT2D eigenvalue weighted by atomic mass is 19.1. The lowest BCUT2D eigenvalue weighted by atomic mass is 9.93. The van der Waals surface area contributed by atoms with E-state index < -0.39 is 23.8 Å². The molecule has 2 bridgehead atoms. The van der Waals surface area contributed by atoms with E-state index in [9.17, 15) is 14.8 Å². The number of terminal acetylenes is 1. The number of halogens is 2. The molecule has 0 aliphatic carbocycles. The summed E-state index contributed by atoms with van der Waals surface area (Å²) < 4.78 is 38.0. The third-order valence-electron chi connectivity index (χ3n) is 10.4. The first-order valence-electron chi connectivity index (χ1n) is 15.7. The largest absolute Gasteiger partial charge is 0.508 e. The van der Waals surface area contributed by atoms with Crippen LogP contribution in [0.2, 0.25) is 0 Å². The van der Waals surface area contributed by atoms with Crippen LogP contribution in [-0.4, -0.2) is 82.7 Å². The summed E-state index contributed by atoms with van der Waals surface area (Å²) in [4.78, 5) is 8.94. The lowest BCUT2D eigenvalue weighted by molar-refractivity contribution is 0.0136. The van der Waals surface area contributed by atoms with Gasteiger partial charge in [-0.3, -0.25) is 9.88 Å². The van der Waals surface area contributed by atoms with E-state index in [0.29, 0.717) is 64.8 Å². The molecular formula is C35H34F2N6O2. The fourth-order valence-electron chi connectivity index (χ4n) is 8.43. The Kier molecular flexibility index (Phi) is 6.72. The van der Waals surface area contributed by atoms with Crippen LogP contribution in [0.3, 0.4) is 0 Å². The molecule has 4 fully saturated rings. The fraction of sp³-hybridized carbons (Fsp3) is 0.429. The second-order valence-electron chi connectivity index (χ2n) is 13.1. The summed E-state index contributed by atoms with van der Waals surface area (Å²) in [6.07, 6.45) is 9.83. The molecule has 45 heavy (non-hydrogen) atoms. The summed E-state index contributed by atoms with van der Waals surface area (Å²) in [5, 5.41) is 29.3. The Balaban J connectivity index is 1.25. The van der Waals surface area contributed by atoms with Gasteiger partial charge in [0.25, 0.3) is 0 Å². The average Bonchev–Trinajstić information content (AvgIpc) is 3.68. The number of phenols is 1. The van der Waals surface area contributed by atoms with Gasteiger partial charge in [0.2, 0.25) is 0 Å². The topological polar surface area (TPSA) is 96.7 Å². The monoisotopic (exact) mass is 608 g/mol. The van der Waals surface area contributed by atoms with Gasteiger partial charge in [0, 0.05) is 72.0 Å². The first kappa shape index (κ1) is 28.3. The zero-order chi connectivity index (χ0) is 30.9. The fourth-order valence-corrected chi connectivity index (χ4v) is 8.43. The predicted molar refractivity (Wildman–Crippen MR) is 167 cm³/mol. The third kappa shape index (κ3) is 4.54. The van der Waals surface area contributed by atoms with Crippen molar-refractivity contribution in [3.05, 3.63) is 59.0 Å². The second kappa shape index (κ2) is 10.7. The van der Waals surface area contributed by atoms with E-state index >= 15 is 4.39 Å². The third-order valence-corrected chi connectivity index (χ3v) is 10.4. The number of alkyl halides is 1. The lowest BCUT2D eigenvalue weighted by Gasteiger charge is -2.41. The van der Waals surface area contributed by atoms with E-state index in [1.807, 2.05) is 6.07 Å². The molecule has 0 amide bonds. The van der Waals surface area contributed by atoms with Crippen LogP contribution in [0, 0.1) is 29.5 Å². The molecule has 5 aliphatic heterocycles. The maximum Gasteiger partial charge on any atom is 0.173 e. The Morgan fingerprint density at radius 1 is 1.18 bits per heavy atom. The number of hydrogen-bond donors (Lipinski definition) is 3. The van der Waals surface area contributed by atoms with Gasteiger partial charge in [-0.25, -0.2) is 8.78 Å². The van der Waals surface area contributed by atoms with Crippen molar-refractivity contribution in [2.24, 2.45) is 0 Å². The molecule has 3 N–H and O–H groups in total. The summed E-state index contributed by atoms with van der Waals surface area (Å²) in [6, 6.07) is 11.4. The van der Waals surface area contributed by atoms with Crippen molar-refractivity contribution in [3.63, 3.8) is 0 Å². The van der Waals surface area contributed by atoms with Gasteiger partial charge in [0.1, 0.15) is 29.3 Å². The number of rotatable bonds is 5. The highest BCUT2D eigenvalue weighted by Crippen LogP contribution is 2.45. The number of aromatic nitrogens is 1. The van der Waals surface area contributed by atoms with Gasteiger partial charge in [-0.1, -0.05) is 18.1 Å². The molecule has 8 rings (SSSR count). The van der Waals surface area contributed by atoms with E-state index in [1.54, 1.807) is 24.4 Å². The first-order valence-corrected chi connectivity index (χ1v) is 15.7. The summed E-state index contributed by atoms with van der Waals surface area (Å²) in [7, 11) is 0. The number of piperazine rings is 1. The minimum atomic E-state index is -0.938. The molecule has 2 aromatic carbocycles. The molecule has 6 heterocycles. The Labute approximate surface area is 260 Å². The number of nitrogens with one attached hydrogen (secondary N) is 2. The van der Waals surface area contributed by atoms with E-state index in [2.05, 4.69) is 37.4 Å². The number of aromatic hydroxyl groups is 1. The quantitative estimate of drug-likeness (QED) is 0.358. The van der Waals surface area contributed by atoms with Crippen LogP contribution in [-0.2, 0) is 4.74 Å². The van der Waals surface area contributed by atoms with Crippen molar-refractivity contribution in [1.29, 1.82) is 5.26 Å². The van der Waals surface area contributed by atoms with Crippen molar-refractivity contribution in [1.82, 2.24) is 20.1 Å². The average molecular weight is 609 g/mol. The molecule has 4 saturated heterocycles. The molecule has 230 valence electrons. The summed E-state index contributed by atoms with van der Waals surface area (Å²) in [5.41, 5.74) is 2.18. The smallest absolute Gasteiger partial charge is 0.173 e. The zero-order valence-electron chi connectivity index (χ0n) is 24.8. The van der Waals surface area contributed by atoms with E-state index in [0.717, 1.165) is 32.2 Å². The van der Waals surface area contributed by atoms with Gasteiger partial charge in [0.05, 0.1) is 18.0 Å². The number of ether oxygens (including phenoxy) is 1. The van der Waals surface area contributed by atoms with Crippen LogP contribution in [0.4, 0.5) is 14.5 Å². The molecule has 5 aliphatic rings. The summed E-state index contributed by atoms with van der Waals surface area (Å²) in [6.45, 7) is 2.80. The Morgan fingerprint density at radius 3 is 2.78 bits per heavy atom. The van der Waals surface area contributed by atoms with E-state index in [-0.39, 0.29) is 35.8 Å². The minimum Gasteiger partial charge on any atom is -0.508 e. The van der Waals surface area contributed by atoms with E-state index in [4.69, 9.17) is 11.2 Å². The van der Waals surface area contributed by atoms with Gasteiger partial charge in [-0.05, 0) is 55.8 Å². The SMILES string of the molecule is C#Cc1cccc2cc(O)cc(-c3ncc4c(c3F)NC(OC[C@@]35CCCN3C[C@H](F)C5)C(C#N)=C4N3CC4CCC(C3)N4)c12. The number of pyridine rings is 1. The van der Waals surface area contributed by atoms with Crippen LogP contribution in [0.15, 0.2) is 42.1 Å². The standard InChI is InChI=1S/C35H34F2N6O2/c1-2-20-5-3-6-21-11-25(44)12-26(29(20)21)31-30(37)32-28(15-39-31)33(42-17-23-7-8-24(18-42)40-23)27(14-38)34(41-32)45-19-35-9-4-10-43(35)16-22(36)13-35/h1,3,5-6,11-12,15,22-24,34,40-41,44H,4,7-10,13,16-19H2/t22-,23?,24?,34?,35+/m1/s1. The number of anilines is 1. The molecular weight excluding hydrogens is 574 g/mol. The number of fused-ring (bicyclic) bond motifs is 5. The number of likely N-dealkylation sites (tertiary alicyclic amines) is 1. The maximum absolute atomic E-state index is 16.9. The number of nitriles is 1. The molecule has 8 nitrogen and oxygen atoms in total. The van der Waals surface area contributed by atoms with Gasteiger partial charge < -0.3 is 25.4 Å². The van der Waals surface area contributed by atoms with Crippen molar-refractivity contribution in [2.75, 3.05) is 38.1 Å². The molecule has 0 spiro atoms. The van der Waals surface area contributed by atoms with Crippen LogP contribution in [0.25, 0.3) is 27.7 Å². The molecule has 0 saturated carbocycles. The van der Waals surface area contributed by atoms with Gasteiger partial charge in [0.15, 0.2) is 12.0 Å². The second-order valence-corrected chi connectivity index (χ2v) is 13.1. The molecule has 10 heteroatoms. The predicted octanol–water partition coefficient (Wildman–Crippen LogP) is 4.74. The Morgan fingerprint density at radius 2 is 2.00 bits per heavy atom. The van der Waals surface area contributed by atoms with Crippen molar-refractivity contribution in [3.8, 4) is 35.4 Å².